The van der Waals surface area contributed by atoms with E-state index in [-0.39, 0.29) is 5.54 Å². The van der Waals surface area contributed by atoms with Crippen molar-refractivity contribution in [3.05, 3.63) is 29.8 Å². The summed E-state index contributed by atoms with van der Waals surface area (Å²) < 4.78 is 10.5. The molecule has 0 aliphatic rings. The second kappa shape index (κ2) is 5.87. The van der Waals surface area contributed by atoms with Crippen LogP contribution in [0.15, 0.2) is 24.3 Å². The first-order chi connectivity index (χ1) is 7.60. The lowest BCUT2D eigenvalue weighted by molar-refractivity contribution is 0.172. The van der Waals surface area contributed by atoms with Gasteiger partial charge in [0.2, 0.25) is 0 Å². The van der Waals surface area contributed by atoms with Crippen LogP contribution < -0.4 is 10.5 Å². The minimum absolute atomic E-state index is 0.372. The van der Waals surface area contributed by atoms with E-state index in [9.17, 15) is 0 Å². The van der Waals surface area contributed by atoms with Crippen LogP contribution in [-0.2, 0) is 10.3 Å². The molecule has 0 aromatic heterocycles. The Balaban J connectivity index is 2.80. The summed E-state index contributed by atoms with van der Waals surface area (Å²) in [6.45, 7) is 5.31. The van der Waals surface area contributed by atoms with E-state index < -0.39 is 0 Å². The third kappa shape index (κ3) is 3.51. The molecule has 1 aromatic rings. The number of nitrogens with two attached hydrogens (primary N) is 1. The molecule has 0 spiro atoms. The van der Waals surface area contributed by atoms with Crippen molar-refractivity contribution in [1.29, 1.82) is 0 Å². The van der Waals surface area contributed by atoms with Crippen molar-refractivity contribution in [1.82, 2.24) is 0 Å². The highest BCUT2D eigenvalue weighted by Gasteiger charge is 2.21. The third-order valence-corrected chi connectivity index (χ3v) is 2.63. The molecule has 0 aliphatic heterocycles. The first-order valence-electron chi connectivity index (χ1n) is 5.61. The van der Waals surface area contributed by atoms with Gasteiger partial charge in [-0.25, -0.2) is 0 Å². The molecule has 3 heteroatoms. The van der Waals surface area contributed by atoms with E-state index in [0.29, 0.717) is 13.2 Å². The minimum atomic E-state index is -0.372. The van der Waals surface area contributed by atoms with Gasteiger partial charge in [0.15, 0.2) is 0 Å². The SMILES string of the molecule is CCOc1cccc(C(C)(N)CCOC)c1. The molecule has 1 atom stereocenters. The topological polar surface area (TPSA) is 44.5 Å². The van der Waals surface area contributed by atoms with Crippen LogP contribution >= 0.6 is 0 Å². The lowest BCUT2D eigenvalue weighted by Crippen LogP contribution is -2.34. The second-order valence-corrected chi connectivity index (χ2v) is 4.12. The number of hydrogen-bond donors (Lipinski definition) is 1. The van der Waals surface area contributed by atoms with Gasteiger partial charge in [-0.1, -0.05) is 12.1 Å². The highest BCUT2D eigenvalue weighted by Crippen LogP contribution is 2.25. The summed E-state index contributed by atoms with van der Waals surface area (Å²) in [4.78, 5) is 0. The van der Waals surface area contributed by atoms with Crippen molar-refractivity contribution >= 4 is 0 Å². The summed E-state index contributed by atoms with van der Waals surface area (Å²) in [5.41, 5.74) is 6.96. The molecule has 2 N–H and O–H groups in total. The van der Waals surface area contributed by atoms with Gasteiger partial charge in [0, 0.05) is 19.3 Å². The predicted molar refractivity (Wildman–Crippen MR) is 65.6 cm³/mol. The second-order valence-electron chi connectivity index (χ2n) is 4.12. The molecular formula is C13H21NO2. The van der Waals surface area contributed by atoms with E-state index in [1.54, 1.807) is 7.11 Å². The van der Waals surface area contributed by atoms with Gasteiger partial charge in [-0.3, -0.25) is 0 Å². The molecule has 90 valence electrons. The number of hydrogen-bond acceptors (Lipinski definition) is 3. The van der Waals surface area contributed by atoms with Gasteiger partial charge in [-0.15, -0.1) is 0 Å². The molecule has 0 fully saturated rings. The standard InChI is InChI=1S/C13H21NO2/c1-4-16-12-7-5-6-11(10-12)13(2,14)8-9-15-3/h5-7,10H,4,8-9,14H2,1-3H3. The van der Waals surface area contributed by atoms with Crippen molar-refractivity contribution in [2.45, 2.75) is 25.8 Å². The Morgan fingerprint density at radius 1 is 1.38 bits per heavy atom. The van der Waals surface area contributed by atoms with Gasteiger partial charge in [-0.05, 0) is 38.0 Å². The van der Waals surface area contributed by atoms with E-state index in [4.69, 9.17) is 15.2 Å². The van der Waals surface area contributed by atoms with Crippen LogP contribution in [0.4, 0.5) is 0 Å². The van der Waals surface area contributed by atoms with Gasteiger partial charge in [0.1, 0.15) is 5.75 Å². The Morgan fingerprint density at radius 2 is 2.12 bits per heavy atom. The molecule has 0 saturated heterocycles. The average Bonchev–Trinajstić information content (AvgIpc) is 2.27. The maximum Gasteiger partial charge on any atom is 0.119 e. The summed E-state index contributed by atoms with van der Waals surface area (Å²) in [5, 5.41) is 0. The van der Waals surface area contributed by atoms with Crippen molar-refractivity contribution < 1.29 is 9.47 Å². The van der Waals surface area contributed by atoms with Crippen molar-refractivity contribution in [2.75, 3.05) is 20.3 Å². The van der Waals surface area contributed by atoms with Crippen LogP contribution in [-0.4, -0.2) is 20.3 Å². The Bertz CT molecular complexity index is 323. The summed E-state index contributed by atoms with van der Waals surface area (Å²) >= 11 is 0. The fourth-order valence-corrected chi connectivity index (χ4v) is 1.57. The monoisotopic (exact) mass is 223 g/mol. The van der Waals surface area contributed by atoms with Gasteiger partial charge in [-0.2, -0.15) is 0 Å². The molecule has 0 heterocycles. The minimum Gasteiger partial charge on any atom is -0.494 e. The fraction of sp³-hybridized carbons (Fsp3) is 0.538. The Hall–Kier alpha value is -1.06. The first kappa shape index (κ1) is 13.0. The molecule has 0 amide bonds. The van der Waals surface area contributed by atoms with E-state index in [2.05, 4.69) is 0 Å². The van der Waals surface area contributed by atoms with Crippen LogP contribution in [0.2, 0.25) is 0 Å². The van der Waals surface area contributed by atoms with E-state index in [1.807, 2.05) is 38.1 Å². The molecule has 0 saturated carbocycles. The highest BCUT2D eigenvalue weighted by atomic mass is 16.5. The van der Waals surface area contributed by atoms with Crippen LogP contribution in [0.3, 0.4) is 0 Å². The number of benzene rings is 1. The van der Waals surface area contributed by atoms with E-state index in [1.165, 1.54) is 0 Å². The molecule has 0 radical (unpaired) electrons. The van der Waals surface area contributed by atoms with Gasteiger partial charge < -0.3 is 15.2 Å². The van der Waals surface area contributed by atoms with Crippen LogP contribution in [0.25, 0.3) is 0 Å². The molecular weight excluding hydrogens is 202 g/mol. The zero-order valence-electron chi connectivity index (χ0n) is 10.3. The Kier molecular flexibility index (Phi) is 4.77. The average molecular weight is 223 g/mol. The van der Waals surface area contributed by atoms with Crippen LogP contribution in [0, 0.1) is 0 Å². The van der Waals surface area contributed by atoms with Gasteiger partial charge in [0.05, 0.1) is 6.61 Å². The summed E-state index contributed by atoms with van der Waals surface area (Å²) in [5.74, 6) is 0.870. The molecule has 16 heavy (non-hydrogen) atoms. The van der Waals surface area contributed by atoms with Crippen molar-refractivity contribution in [2.24, 2.45) is 5.73 Å². The molecule has 1 unspecified atom stereocenters. The molecule has 0 bridgehead atoms. The third-order valence-electron chi connectivity index (χ3n) is 2.63. The number of rotatable bonds is 6. The lowest BCUT2D eigenvalue weighted by Gasteiger charge is -2.25. The smallest absolute Gasteiger partial charge is 0.119 e. The maximum absolute atomic E-state index is 6.25. The van der Waals surface area contributed by atoms with E-state index in [0.717, 1.165) is 17.7 Å². The molecule has 1 aromatic carbocycles. The zero-order valence-corrected chi connectivity index (χ0v) is 10.3. The normalized spacial score (nSPS) is 14.5. The summed E-state index contributed by atoms with van der Waals surface area (Å²) in [6.07, 6.45) is 0.791. The van der Waals surface area contributed by atoms with Crippen molar-refractivity contribution in [3.63, 3.8) is 0 Å². The van der Waals surface area contributed by atoms with E-state index >= 15 is 0 Å². The predicted octanol–water partition coefficient (Wildman–Crippen LogP) is 2.30. The number of ether oxygens (including phenoxy) is 2. The fourth-order valence-electron chi connectivity index (χ4n) is 1.57. The molecule has 0 aliphatic carbocycles. The Labute approximate surface area is 97.6 Å². The Morgan fingerprint density at radius 3 is 2.75 bits per heavy atom. The van der Waals surface area contributed by atoms with Gasteiger partial charge >= 0.3 is 0 Å². The summed E-state index contributed by atoms with van der Waals surface area (Å²) in [6, 6.07) is 7.94. The zero-order chi connectivity index (χ0) is 12.0. The first-order valence-corrected chi connectivity index (χ1v) is 5.61. The largest absolute Gasteiger partial charge is 0.494 e. The lowest BCUT2D eigenvalue weighted by atomic mass is 9.90. The maximum atomic E-state index is 6.25. The van der Waals surface area contributed by atoms with Crippen LogP contribution in [0.5, 0.6) is 5.75 Å². The van der Waals surface area contributed by atoms with Gasteiger partial charge in [0.25, 0.3) is 0 Å². The quantitative estimate of drug-likeness (QED) is 0.804. The van der Waals surface area contributed by atoms with Crippen molar-refractivity contribution in [3.8, 4) is 5.75 Å². The highest BCUT2D eigenvalue weighted by molar-refractivity contribution is 5.32. The molecule has 3 nitrogen and oxygen atoms in total. The van der Waals surface area contributed by atoms with Crippen LogP contribution in [0.1, 0.15) is 25.8 Å². The summed E-state index contributed by atoms with van der Waals surface area (Å²) in [7, 11) is 1.69. The molecule has 1 rings (SSSR count). The number of methoxy groups -OCH3 is 1.